The molecule has 6 nitrogen and oxygen atoms in total. The van der Waals surface area contributed by atoms with Crippen molar-refractivity contribution in [3.8, 4) is 0 Å². The summed E-state index contributed by atoms with van der Waals surface area (Å²) in [5, 5.41) is 11.2. The van der Waals surface area contributed by atoms with Crippen molar-refractivity contribution in [1.29, 1.82) is 0 Å². The molecule has 0 atom stereocenters. The minimum atomic E-state index is -0.841. The Morgan fingerprint density at radius 2 is 2.00 bits per heavy atom. The second-order valence-electron chi connectivity index (χ2n) is 4.12. The molecular formula is C11H18N2O4. The molecule has 0 aromatic heterocycles. The van der Waals surface area contributed by atoms with Gasteiger partial charge in [-0.1, -0.05) is 0 Å². The van der Waals surface area contributed by atoms with Gasteiger partial charge in [0.05, 0.1) is 6.54 Å². The van der Waals surface area contributed by atoms with E-state index in [9.17, 15) is 14.4 Å². The lowest BCUT2D eigenvalue weighted by Crippen LogP contribution is -2.37. The van der Waals surface area contributed by atoms with Gasteiger partial charge in [0.2, 0.25) is 11.8 Å². The van der Waals surface area contributed by atoms with Gasteiger partial charge in [-0.2, -0.15) is 0 Å². The largest absolute Gasteiger partial charge is 0.481 e. The second-order valence-corrected chi connectivity index (χ2v) is 4.12. The zero-order chi connectivity index (χ0) is 12.7. The van der Waals surface area contributed by atoms with Crippen LogP contribution in [-0.2, 0) is 14.4 Å². The quantitative estimate of drug-likeness (QED) is 0.663. The fraction of sp³-hybridized carbons (Fsp3) is 0.727. The highest BCUT2D eigenvalue weighted by molar-refractivity contribution is 5.85. The van der Waals surface area contributed by atoms with Crippen molar-refractivity contribution in [3.05, 3.63) is 0 Å². The highest BCUT2D eigenvalue weighted by Crippen LogP contribution is 2.05. The van der Waals surface area contributed by atoms with Gasteiger partial charge in [-0.05, 0) is 19.3 Å². The molecule has 1 fully saturated rings. The SMILES string of the molecule is O=C(O)CCCCC(=O)N1CCCNC(=O)C1. The van der Waals surface area contributed by atoms with E-state index >= 15 is 0 Å². The average molecular weight is 242 g/mol. The van der Waals surface area contributed by atoms with Crippen LogP contribution in [0.15, 0.2) is 0 Å². The summed E-state index contributed by atoms with van der Waals surface area (Å²) in [5.74, 6) is -1.03. The topological polar surface area (TPSA) is 86.7 Å². The lowest BCUT2D eigenvalue weighted by Gasteiger charge is -2.18. The molecule has 0 aromatic carbocycles. The first-order valence-electron chi connectivity index (χ1n) is 5.86. The predicted octanol–water partition coefficient (Wildman–Crippen LogP) is -0.0201. The number of rotatable bonds is 5. The maximum absolute atomic E-state index is 11.7. The van der Waals surface area contributed by atoms with E-state index in [1.165, 1.54) is 0 Å². The Kier molecular flexibility index (Phi) is 5.45. The van der Waals surface area contributed by atoms with Crippen molar-refractivity contribution < 1.29 is 19.5 Å². The Balaban J connectivity index is 2.26. The molecule has 0 aliphatic carbocycles. The summed E-state index contributed by atoms with van der Waals surface area (Å²) in [4.78, 5) is 34.8. The average Bonchev–Trinajstić information content (AvgIpc) is 2.48. The van der Waals surface area contributed by atoms with Crippen LogP contribution in [0.3, 0.4) is 0 Å². The number of amides is 2. The molecule has 1 aliphatic heterocycles. The van der Waals surface area contributed by atoms with Gasteiger partial charge in [0.15, 0.2) is 0 Å². The van der Waals surface area contributed by atoms with Crippen LogP contribution < -0.4 is 5.32 Å². The molecule has 0 saturated carbocycles. The second kappa shape index (κ2) is 6.88. The van der Waals surface area contributed by atoms with Gasteiger partial charge < -0.3 is 15.3 Å². The van der Waals surface area contributed by atoms with Crippen LogP contribution in [-0.4, -0.2) is 47.4 Å². The van der Waals surface area contributed by atoms with E-state index in [0.29, 0.717) is 32.4 Å². The summed E-state index contributed by atoms with van der Waals surface area (Å²) in [6.07, 6.45) is 2.24. The molecule has 0 radical (unpaired) electrons. The lowest BCUT2D eigenvalue weighted by atomic mass is 10.2. The van der Waals surface area contributed by atoms with Gasteiger partial charge in [0.25, 0.3) is 0 Å². The first kappa shape index (κ1) is 13.5. The summed E-state index contributed by atoms with van der Waals surface area (Å²) in [6.45, 7) is 1.33. The number of carbonyl (C=O) groups is 3. The number of unbranched alkanes of at least 4 members (excludes halogenated alkanes) is 1. The van der Waals surface area contributed by atoms with E-state index < -0.39 is 5.97 Å². The van der Waals surface area contributed by atoms with Gasteiger partial charge in [0.1, 0.15) is 0 Å². The van der Waals surface area contributed by atoms with Crippen LogP contribution in [0.25, 0.3) is 0 Å². The minimum absolute atomic E-state index is 0.0626. The Hall–Kier alpha value is -1.59. The summed E-state index contributed by atoms with van der Waals surface area (Å²) in [7, 11) is 0. The van der Waals surface area contributed by atoms with Gasteiger partial charge >= 0.3 is 5.97 Å². The fourth-order valence-corrected chi connectivity index (χ4v) is 1.73. The van der Waals surface area contributed by atoms with Gasteiger partial charge in [-0.15, -0.1) is 0 Å². The van der Waals surface area contributed by atoms with Crippen molar-refractivity contribution in [3.63, 3.8) is 0 Å². The fourth-order valence-electron chi connectivity index (χ4n) is 1.73. The number of carboxylic acids is 1. The molecule has 0 spiro atoms. The molecular weight excluding hydrogens is 224 g/mol. The van der Waals surface area contributed by atoms with E-state index in [1.54, 1.807) is 4.90 Å². The molecule has 1 rings (SSSR count). The maximum atomic E-state index is 11.7. The molecule has 0 unspecified atom stereocenters. The van der Waals surface area contributed by atoms with Crippen molar-refractivity contribution in [2.45, 2.75) is 32.1 Å². The van der Waals surface area contributed by atoms with Crippen LogP contribution in [0.1, 0.15) is 32.1 Å². The smallest absolute Gasteiger partial charge is 0.303 e. The van der Waals surface area contributed by atoms with E-state index in [-0.39, 0.29) is 24.8 Å². The summed E-state index contributed by atoms with van der Waals surface area (Å²) in [5.41, 5.74) is 0. The number of nitrogens with zero attached hydrogens (tertiary/aromatic N) is 1. The van der Waals surface area contributed by atoms with Crippen LogP contribution in [0.4, 0.5) is 0 Å². The monoisotopic (exact) mass is 242 g/mol. The molecule has 2 N–H and O–H groups in total. The number of hydrogen-bond acceptors (Lipinski definition) is 3. The highest BCUT2D eigenvalue weighted by atomic mass is 16.4. The lowest BCUT2D eigenvalue weighted by molar-refractivity contribution is -0.137. The molecule has 2 amide bonds. The molecule has 6 heteroatoms. The summed E-state index contributed by atoms with van der Waals surface area (Å²) >= 11 is 0. The predicted molar refractivity (Wildman–Crippen MR) is 60.3 cm³/mol. The number of aliphatic carboxylic acids is 1. The molecule has 1 aliphatic rings. The minimum Gasteiger partial charge on any atom is -0.481 e. The Labute approximate surface area is 100.0 Å². The third-order valence-corrected chi connectivity index (χ3v) is 2.65. The number of carbonyl (C=O) groups excluding carboxylic acids is 2. The van der Waals surface area contributed by atoms with Crippen LogP contribution in [0, 0.1) is 0 Å². The molecule has 1 saturated heterocycles. The van der Waals surface area contributed by atoms with Crippen molar-refractivity contribution in [2.24, 2.45) is 0 Å². The molecule has 17 heavy (non-hydrogen) atoms. The van der Waals surface area contributed by atoms with Crippen LogP contribution in [0.2, 0.25) is 0 Å². The standard InChI is InChI=1S/C11H18N2O4/c14-9-8-13(7-3-6-12-9)10(15)4-1-2-5-11(16)17/h1-8H2,(H,12,14)(H,16,17). The first-order chi connectivity index (χ1) is 8.09. The van der Waals surface area contributed by atoms with Crippen LogP contribution in [0.5, 0.6) is 0 Å². The highest BCUT2D eigenvalue weighted by Gasteiger charge is 2.18. The van der Waals surface area contributed by atoms with E-state index in [0.717, 1.165) is 6.42 Å². The van der Waals surface area contributed by atoms with Gasteiger partial charge in [-0.3, -0.25) is 14.4 Å². The summed E-state index contributed by atoms with van der Waals surface area (Å²) < 4.78 is 0. The zero-order valence-electron chi connectivity index (χ0n) is 9.78. The first-order valence-corrected chi connectivity index (χ1v) is 5.86. The molecule has 0 bridgehead atoms. The number of carboxylic acid groups (broad SMARTS) is 1. The molecule has 96 valence electrons. The molecule has 1 heterocycles. The van der Waals surface area contributed by atoms with Gasteiger partial charge in [-0.25, -0.2) is 0 Å². The Bertz CT molecular complexity index is 304. The van der Waals surface area contributed by atoms with Crippen molar-refractivity contribution >= 4 is 17.8 Å². The number of hydrogen-bond donors (Lipinski definition) is 2. The van der Waals surface area contributed by atoms with Crippen LogP contribution >= 0.6 is 0 Å². The summed E-state index contributed by atoms with van der Waals surface area (Å²) in [6, 6.07) is 0. The van der Waals surface area contributed by atoms with Crippen molar-refractivity contribution in [1.82, 2.24) is 10.2 Å². The van der Waals surface area contributed by atoms with E-state index in [4.69, 9.17) is 5.11 Å². The molecule has 0 aromatic rings. The maximum Gasteiger partial charge on any atom is 0.303 e. The van der Waals surface area contributed by atoms with Gasteiger partial charge in [0, 0.05) is 25.9 Å². The van der Waals surface area contributed by atoms with E-state index in [2.05, 4.69) is 5.32 Å². The Morgan fingerprint density at radius 1 is 1.29 bits per heavy atom. The van der Waals surface area contributed by atoms with E-state index in [1.807, 2.05) is 0 Å². The number of nitrogens with one attached hydrogen (secondary N) is 1. The Morgan fingerprint density at radius 3 is 2.71 bits per heavy atom. The van der Waals surface area contributed by atoms with Crippen molar-refractivity contribution in [2.75, 3.05) is 19.6 Å². The third kappa shape index (κ3) is 5.33. The normalized spacial score (nSPS) is 16.2. The zero-order valence-corrected chi connectivity index (χ0v) is 9.78. The third-order valence-electron chi connectivity index (χ3n) is 2.65.